The van der Waals surface area contributed by atoms with Gasteiger partial charge in [-0.2, -0.15) is 5.26 Å². The third-order valence-corrected chi connectivity index (χ3v) is 5.31. The highest BCUT2D eigenvalue weighted by Gasteiger charge is 2.12. The molecule has 1 fully saturated rings. The van der Waals surface area contributed by atoms with Crippen LogP contribution in [0.5, 0.6) is 0 Å². The van der Waals surface area contributed by atoms with Crippen LogP contribution in [-0.2, 0) is 19.1 Å². The molecule has 168 valence electrons. The predicted octanol–water partition coefficient (Wildman–Crippen LogP) is 3.43. The van der Waals surface area contributed by atoms with Gasteiger partial charge in [0.1, 0.15) is 18.2 Å². The molecular formula is C25H29N3O4. The normalized spacial score (nSPS) is 14.1. The average molecular weight is 436 g/mol. The predicted molar refractivity (Wildman–Crippen MR) is 124 cm³/mol. The molecule has 1 aliphatic heterocycles. The highest BCUT2D eigenvalue weighted by atomic mass is 16.6. The number of carbonyl (C=O) groups excluding carboxylic acids is 2. The zero-order valence-electron chi connectivity index (χ0n) is 18.4. The lowest BCUT2D eigenvalue weighted by Gasteiger charge is -2.29. The van der Waals surface area contributed by atoms with Crippen LogP contribution < -0.4 is 10.2 Å². The van der Waals surface area contributed by atoms with Crippen molar-refractivity contribution in [3.05, 3.63) is 47.5 Å². The Balaban J connectivity index is 1.57. The molecule has 32 heavy (non-hydrogen) atoms. The molecule has 0 aromatic heterocycles. The summed E-state index contributed by atoms with van der Waals surface area (Å²) in [6.07, 6.45) is 5.37. The molecule has 3 rings (SSSR count). The van der Waals surface area contributed by atoms with E-state index < -0.39 is 5.91 Å². The largest absolute Gasteiger partial charge is 0.463 e. The van der Waals surface area contributed by atoms with E-state index in [1.807, 2.05) is 24.3 Å². The zero-order valence-corrected chi connectivity index (χ0v) is 18.4. The number of nitriles is 1. The third-order valence-electron chi connectivity index (χ3n) is 5.31. The maximum atomic E-state index is 12.3. The van der Waals surface area contributed by atoms with E-state index in [2.05, 4.69) is 28.4 Å². The molecule has 2 aromatic carbocycles. The number of fused-ring (bicyclic) bond motifs is 1. The van der Waals surface area contributed by atoms with Crippen LogP contribution in [-0.4, -0.2) is 51.3 Å². The molecule has 0 atom stereocenters. The number of carbonyl (C=O) groups is 2. The number of nitrogens with zero attached hydrogens (tertiary/aromatic N) is 2. The molecule has 0 bridgehead atoms. The van der Waals surface area contributed by atoms with Crippen molar-refractivity contribution in [3.8, 4) is 6.07 Å². The first kappa shape index (κ1) is 23.3. The minimum Gasteiger partial charge on any atom is -0.463 e. The minimum atomic E-state index is -0.448. The SMILES string of the molecule is CC(=O)OCCOCCNC(=O)/C(C#N)=C/c1ccc2cc(N3CCCCC3)ccc2c1. The van der Waals surface area contributed by atoms with Crippen LogP contribution in [0.4, 0.5) is 5.69 Å². The molecule has 0 saturated carbocycles. The van der Waals surface area contributed by atoms with Crippen molar-refractivity contribution in [2.45, 2.75) is 26.2 Å². The molecule has 1 N–H and O–H groups in total. The fraction of sp³-hybridized carbons (Fsp3) is 0.400. The number of hydrogen-bond acceptors (Lipinski definition) is 6. The number of hydrogen-bond donors (Lipinski definition) is 1. The summed E-state index contributed by atoms with van der Waals surface area (Å²) in [7, 11) is 0. The summed E-state index contributed by atoms with van der Waals surface area (Å²) >= 11 is 0. The second-order valence-corrected chi connectivity index (χ2v) is 7.72. The van der Waals surface area contributed by atoms with Crippen LogP contribution in [0, 0.1) is 11.3 Å². The Morgan fingerprint density at radius 2 is 1.81 bits per heavy atom. The standard InChI is InChI=1S/C25H29N3O4/c1-19(29)32-14-13-31-12-9-27-25(30)23(18-26)16-20-5-6-22-17-24(8-7-21(22)15-20)28-10-3-2-4-11-28/h5-8,15-17H,2-4,9-14H2,1H3,(H,27,30)/b23-16+. The first-order chi connectivity index (χ1) is 15.6. The van der Waals surface area contributed by atoms with Gasteiger partial charge in [-0.3, -0.25) is 9.59 Å². The molecule has 1 amide bonds. The number of benzene rings is 2. The number of nitrogens with one attached hydrogen (secondary N) is 1. The smallest absolute Gasteiger partial charge is 0.302 e. The molecule has 1 saturated heterocycles. The van der Waals surface area contributed by atoms with Crippen LogP contribution >= 0.6 is 0 Å². The average Bonchev–Trinajstić information content (AvgIpc) is 2.81. The van der Waals surface area contributed by atoms with E-state index in [1.165, 1.54) is 31.9 Å². The Morgan fingerprint density at radius 1 is 1.06 bits per heavy atom. The topological polar surface area (TPSA) is 91.7 Å². The van der Waals surface area contributed by atoms with Gasteiger partial charge in [0, 0.05) is 32.2 Å². The summed E-state index contributed by atoms with van der Waals surface area (Å²) < 4.78 is 10.0. The summed E-state index contributed by atoms with van der Waals surface area (Å²) in [5.74, 6) is -0.807. The van der Waals surface area contributed by atoms with E-state index in [-0.39, 0.29) is 37.9 Å². The molecule has 0 unspecified atom stereocenters. The Hall–Kier alpha value is -3.37. The zero-order chi connectivity index (χ0) is 22.8. The maximum absolute atomic E-state index is 12.3. The Kier molecular flexibility index (Phi) is 8.64. The molecule has 1 heterocycles. The second kappa shape index (κ2) is 11.9. The van der Waals surface area contributed by atoms with Crippen LogP contribution in [0.2, 0.25) is 0 Å². The van der Waals surface area contributed by atoms with Gasteiger partial charge in [-0.05, 0) is 59.9 Å². The monoisotopic (exact) mass is 435 g/mol. The summed E-state index contributed by atoms with van der Waals surface area (Å²) in [5.41, 5.74) is 2.08. The number of rotatable bonds is 9. The Morgan fingerprint density at radius 3 is 2.56 bits per heavy atom. The molecule has 0 spiro atoms. The molecular weight excluding hydrogens is 406 g/mol. The van der Waals surface area contributed by atoms with Gasteiger partial charge < -0.3 is 19.7 Å². The number of anilines is 1. The van der Waals surface area contributed by atoms with Gasteiger partial charge in [0.15, 0.2) is 0 Å². The first-order valence-electron chi connectivity index (χ1n) is 11.0. The van der Waals surface area contributed by atoms with Gasteiger partial charge in [0.05, 0.1) is 13.2 Å². The van der Waals surface area contributed by atoms with Crippen LogP contribution in [0.15, 0.2) is 42.0 Å². The van der Waals surface area contributed by atoms with Crippen molar-refractivity contribution in [1.29, 1.82) is 5.26 Å². The molecule has 7 nitrogen and oxygen atoms in total. The van der Waals surface area contributed by atoms with Gasteiger partial charge >= 0.3 is 5.97 Å². The maximum Gasteiger partial charge on any atom is 0.302 e. The molecule has 0 aliphatic carbocycles. The highest BCUT2D eigenvalue weighted by molar-refractivity contribution is 6.02. The van der Waals surface area contributed by atoms with Crippen LogP contribution in [0.25, 0.3) is 16.8 Å². The summed E-state index contributed by atoms with van der Waals surface area (Å²) in [6, 6.07) is 14.3. The van der Waals surface area contributed by atoms with Crippen molar-refractivity contribution in [3.63, 3.8) is 0 Å². The van der Waals surface area contributed by atoms with Gasteiger partial charge in [0.2, 0.25) is 0 Å². The quantitative estimate of drug-likeness (QED) is 0.281. The van der Waals surface area contributed by atoms with Gasteiger partial charge in [-0.1, -0.05) is 18.2 Å². The van der Waals surface area contributed by atoms with E-state index in [9.17, 15) is 14.9 Å². The molecule has 7 heteroatoms. The van der Waals surface area contributed by atoms with E-state index in [0.29, 0.717) is 0 Å². The van der Waals surface area contributed by atoms with Crippen molar-refractivity contribution in [2.24, 2.45) is 0 Å². The van der Waals surface area contributed by atoms with Gasteiger partial charge in [0.25, 0.3) is 5.91 Å². The van der Waals surface area contributed by atoms with E-state index in [4.69, 9.17) is 9.47 Å². The number of esters is 1. The van der Waals surface area contributed by atoms with Gasteiger partial charge in [-0.25, -0.2) is 0 Å². The summed E-state index contributed by atoms with van der Waals surface area (Å²) in [6.45, 7) is 4.49. The summed E-state index contributed by atoms with van der Waals surface area (Å²) in [5, 5.41) is 14.3. The fourth-order valence-corrected chi connectivity index (χ4v) is 3.68. The minimum absolute atomic E-state index is 0.0363. The molecule has 2 aromatic rings. The molecule has 1 aliphatic rings. The second-order valence-electron chi connectivity index (χ2n) is 7.72. The fourth-order valence-electron chi connectivity index (χ4n) is 3.68. The summed E-state index contributed by atoms with van der Waals surface area (Å²) in [4.78, 5) is 25.4. The lowest BCUT2D eigenvalue weighted by Crippen LogP contribution is -2.29. The van der Waals surface area contributed by atoms with Crippen molar-refractivity contribution < 1.29 is 19.1 Å². The first-order valence-corrected chi connectivity index (χ1v) is 11.0. The van der Waals surface area contributed by atoms with Crippen molar-refractivity contribution in [2.75, 3.05) is 44.4 Å². The highest BCUT2D eigenvalue weighted by Crippen LogP contribution is 2.26. The third kappa shape index (κ3) is 6.82. The van der Waals surface area contributed by atoms with Crippen LogP contribution in [0.3, 0.4) is 0 Å². The van der Waals surface area contributed by atoms with E-state index >= 15 is 0 Å². The van der Waals surface area contributed by atoms with Crippen molar-refractivity contribution in [1.82, 2.24) is 5.32 Å². The Labute approximate surface area is 188 Å². The van der Waals surface area contributed by atoms with Gasteiger partial charge in [-0.15, -0.1) is 0 Å². The number of amides is 1. The van der Waals surface area contributed by atoms with E-state index in [1.54, 1.807) is 6.08 Å². The lowest BCUT2D eigenvalue weighted by molar-refractivity contribution is -0.142. The molecule has 0 radical (unpaired) electrons. The van der Waals surface area contributed by atoms with Crippen LogP contribution in [0.1, 0.15) is 31.7 Å². The Bertz CT molecular complexity index is 1020. The van der Waals surface area contributed by atoms with Crippen molar-refractivity contribution >= 4 is 34.4 Å². The number of ether oxygens (including phenoxy) is 2. The lowest BCUT2D eigenvalue weighted by atomic mass is 10.0. The number of piperidine rings is 1. The van der Waals surface area contributed by atoms with E-state index in [0.717, 1.165) is 29.4 Å².